The summed E-state index contributed by atoms with van der Waals surface area (Å²) >= 11 is 0. The van der Waals surface area contributed by atoms with Gasteiger partial charge in [0, 0.05) is 6.04 Å². The van der Waals surface area contributed by atoms with Crippen molar-refractivity contribution in [2.45, 2.75) is 19.0 Å². The molecule has 15 heavy (non-hydrogen) atoms. The summed E-state index contributed by atoms with van der Waals surface area (Å²) < 4.78 is 0. The van der Waals surface area contributed by atoms with Gasteiger partial charge in [-0.05, 0) is 12.5 Å². The number of nitrogens with one attached hydrogen (secondary N) is 1. The maximum atomic E-state index is 11.6. The van der Waals surface area contributed by atoms with Crippen molar-refractivity contribution >= 4 is 5.91 Å². The molecule has 0 aliphatic heterocycles. The van der Waals surface area contributed by atoms with Crippen LogP contribution in [-0.4, -0.2) is 23.7 Å². The van der Waals surface area contributed by atoms with E-state index in [4.69, 9.17) is 10.8 Å². The highest BCUT2D eigenvalue weighted by Crippen LogP contribution is 2.09. The first-order valence-electron chi connectivity index (χ1n) is 4.87. The van der Waals surface area contributed by atoms with Crippen LogP contribution in [0.3, 0.4) is 0 Å². The third-order valence-corrected chi connectivity index (χ3v) is 2.10. The fourth-order valence-electron chi connectivity index (χ4n) is 1.19. The summed E-state index contributed by atoms with van der Waals surface area (Å²) in [5.74, 6) is -0.275. The minimum Gasteiger partial charge on any atom is -0.394 e. The van der Waals surface area contributed by atoms with Gasteiger partial charge in [0.15, 0.2) is 0 Å². The number of hydrogen-bond acceptors (Lipinski definition) is 3. The molecular weight excluding hydrogens is 192 g/mol. The number of aliphatic hydroxyl groups excluding tert-OH is 1. The second kappa shape index (κ2) is 5.48. The van der Waals surface area contributed by atoms with Crippen LogP contribution in [0.2, 0.25) is 0 Å². The average molecular weight is 208 g/mol. The van der Waals surface area contributed by atoms with Crippen molar-refractivity contribution in [1.82, 2.24) is 5.32 Å². The Balaban J connectivity index is 2.61. The van der Waals surface area contributed by atoms with Crippen LogP contribution in [0.25, 0.3) is 0 Å². The standard InChI is InChI=1S/C11H16N2O2/c1-8(7-14)13-11(15)10(12)9-5-3-2-4-6-9/h2-6,8,10,14H,7,12H2,1H3,(H,13,15)/t8-,10-/m1/s1. The molecule has 0 spiro atoms. The molecule has 82 valence electrons. The van der Waals surface area contributed by atoms with Gasteiger partial charge in [-0.3, -0.25) is 4.79 Å². The first kappa shape index (κ1) is 11.7. The van der Waals surface area contributed by atoms with Crippen LogP contribution < -0.4 is 11.1 Å². The van der Waals surface area contributed by atoms with E-state index in [0.29, 0.717) is 0 Å². The molecule has 2 atom stereocenters. The Hall–Kier alpha value is -1.39. The number of carbonyl (C=O) groups is 1. The summed E-state index contributed by atoms with van der Waals surface area (Å²) in [4.78, 5) is 11.6. The van der Waals surface area contributed by atoms with Crippen molar-refractivity contribution in [2.24, 2.45) is 5.73 Å². The third-order valence-electron chi connectivity index (χ3n) is 2.10. The Labute approximate surface area is 89.1 Å². The van der Waals surface area contributed by atoms with Crippen LogP contribution >= 0.6 is 0 Å². The van der Waals surface area contributed by atoms with Gasteiger partial charge in [-0.2, -0.15) is 0 Å². The van der Waals surface area contributed by atoms with E-state index in [-0.39, 0.29) is 18.6 Å². The molecule has 4 nitrogen and oxygen atoms in total. The fraction of sp³-hybridized carbons (Fsp3) is 0.364. The number of benzene rings is 1. The molecule has 0 bridgehead atoms. The molecule has 1 rings (SSSR count). The SMILES string of the molecule is C[C@H](CO)NC(=O)[C@H](N)c1ccccc1. The monoisotopic (exact) mass is 208 g/mol. The molecule has 1 aromatic carbocycles. The van der Waals surface area contributed by atoms with Crippen LogP contribution in [0.5, 0.6) is 0 Å². The van der Waals surface area contributed by atoms with Crippen LogP contribution in [-0.2, 0) is 4.79 Å². The normalized spacial score (nSPS) is 14.3. The van der Waals surface area contributed by atoms with Gasteiger partial charge in [0.25, 0.3) is 0 Å². The van der Waals surface area contributed by atoms with Gasteiger partial charge < -0.3 is 16.2 Å². The van der Waals surface area contributed by atoms with Crippen LogP contribution in [0.15, 0.2) is 30.3 Å². The smallest absolute Gasteiger partial charge is 0.241 e. The number of amides is 1. The number of aliphatic hydroxyl groups is 1. The molecule has 4 N–H and O–H groups in total. The molecule has 0 heterocycles. The van der Waals surface area contributed by atoms with E-state index in [1.165, 1.54) is 0 Å². The lowest BCUT2D eigenvalue weighted by Crippen LogP contribution is -2.40. The molecule has 1 amide bonds. The molecule has 0 unspecified atom stereocenters. The van der Waals surface area contributed by atoms with Crippen molar-refractivity contribution < 1.29 is 9.90 Å². The molecule has 4 heteroatoms. The second-order valence-corrected chi connectivity index (χ2v) is 3.48. The lowest BCUT2D eigenvalue weighted by atomic mass is 10.1. The van der Waals surface area contributed by atoms with Gasteiger partial charge in [-0.25, -0.2) is 0 Å². The van der Waals surface area contributed by atoms with Gasteiger partial charge >= 0.3 is 0 Å². The van der Waals surface area contributed by atoms with Crippen molar-refractivity contribution in [3.8, 4) is 0 Å². The van der Waals surface area contributed by atoms with Crippen molar-refractivity contribution in [3.05, 3.63) is 35.9 Å². The lowest BCUT2D eigenvalue weighted by molar-refractivity contribution is -0.123. The van der Waals surface area contributed by atoms with Gasteiger partial charge in [0.05, 0.1) is 6.61 Å². The molecule has 0 aliphatic rings. The van der Waals surface area contributed by atoms with E-state index in [9.17, 15) is 4.79 Å². The van der Waals surface area contributed by atoms with E-state index in [2.05, 4.69) is 5.32 Å². The quantitative estimate of drug-likeness (QED) is 0.661. The average Bonchev–Trinajstić information content (AvgIpc) is 2.29. The maximum absolute atomic E-state index is 11.6. The fourth-order valence-corrected chi connectivity index (χ4v) is 1.19. The van der Waals surface area contributed by atoms with Crippen LogP contribution in [0.4, 0.5) is 0 Å². The third kappa shape index (κ3) is 3.34. The van der Waals surface area contributed by atoms with E-state index in [0.717, 1.165) is 5.56 Å². The summed E-state index contributed by atoms with van der Waals surface area (Å²) in [6.07, 6.45) is 0. The predicted molar refractivity (Wildman–Crippen MR) is 58.1 cm³/mol. The summed E-state index contributed by atoms with van der Waals surface area (Å²) in [5, 5.41) is 11.4. The van der Waals surface area contributed by atoms with Gasteiger partial charge in [-0.15, -0.1) is 0 Å². The Kier molecular flexibility index (Phi) is 4.27. The van der Waals surface area contributed by atoms with Gasteiger partial charge in [0.1, 0.15) is 6.04 Å². The molecular formula is C11H16N2O2. The van der Waals surface area contributed by atoms with Crippen LogP contribution in [0, 0.1) is 0 Å². The molecule has 0 radical (unpaired) electrons. The highest BCUT2D eigenvalue weighted by molar-refractivity contribution is 5.83. The summed E-state index contributed by atoms with van der Waals surface area (Å²) in [6, 6.07) is 8.18. The maximum Gasteiger partial charge on any atom is 0.241 e. The minimum atomic E-state index is -0.680. The lowest BCUT2D eigenvalue weighted by Gasteiger charge is -2.15. The second-order valence-electron chi connectivity index (χ2n) is 3.48. The Morgan fingerprint density at radius 3 is 2.60 bits per heavy atom. The Morgan fingerprint density at radius 1 is 1.47 bits per heavy atom. The summed E-state index contributed by atoms with van der Waals surface area (Å²) in [6.45, 7) is 1.63. The number of nitrogens with two attached hydrogens (primary N) is 1. The van der Waals surface area contributed by atoms with Gasteiger partial charge in [0.2, 0.25) is 5.91 Å². The molecule has 0 aliphatic carbocycles. The van der Waals surface area contributed by atoms with Crippen molar-refractivity contribution in [2.75, 3.05) is 6.61 Å². The van der Waals surface area contributed by atoms with E-state index in [1.54, 1.807) is 19.1 Å². The molecule has 0 fully saturated rings. The van der Waals surface area contributed by atoms with Crippen molar-refractivity contribution in [3.63, 3.8) is 0 Å². The highest BCUT2D eigenvalue weighted by atomic mass is 16.3. The Morgan fingerprint density at radius 2 is 2.07 bits per heavy atom. The number of hydrogen-bond donors (Lipinski definition) is 3. The number of rotatable bonds is 4. The zero-order chi connectivity index (χ0) is 11.3. The first-order chi connectivity index (χ1) is 7.15. The summed E-state index contributed by atoms with van der Waals surface area (Å²) in [7, 11) is 0. The van der Waals surface area contributed by atoms with Gasteiger partial charge in [-0.1, -0.05) is 30.3 Å². The molecule has 1 aromatic rings. The number of carbonyl (C=O) groups excluding carboxylic acids is 1. The highest BCUT2D eigenvalue weighted by Gasteiger charge is 2.16. The molecule has 0 saturated carbocycles. The largest absolute Gasteiger partial charge is 0.394 e. The molecule has 0 saturated heterocycles. The predicted octanol–water partition coefficient (Wildman–Crippen LogP) is 0.183. The van der Waals surface area contributed by atoms with Crippen molar-refractivity contribution in [1.29, 1.82) is 0 Å². The topological polar surface area (TPSA) is 75.3 Å². The van der Waals surface area contributed by atoms with E-state index < -0.39 is 6.04 Å². The van der Waals surface area contributed by atoms with Crippen LogP contribution in [0.1, 0.15) is 18.5 Å². The molecule has 0 aromatic heterocycles. The Bertz CT molecular complexity index is 314. The minimum absolute atomic E-state index is 0.0900. The zero-order valence-electron chi connectivity index (χ0n) is 8.68. The zero-order valence-corrected chi connectivity index (χ0v) is 8.68. The van der Waals surface area contributed by atoms with E-state index >= 15 is 0 Å². The summed E-state index contributed by atoms with van der Waals surface area (Å²) in [5.41, 5.74) is 6.51. The van der Waals surface area contributed by atoms with E-state index in [1.807, 2.05) is 18.2 Å². The first-order valence-corrected chi connectivity index (χ1v) is 4.87.